The highest BCUT2D eigenvalue weighted by Crippen LogP contribution is 2.15. The molecular formula is C15H23ClNO3+. The third kappa shape index (κ3) is 5.67. The second-order valence-corrected chi connectivity index (χ2v) is 5.63. The largest absolute Gasteiger partial charge is 0.491 e. The topological polar surface area (TPSA) is 43.1 Å². The van der Waals surface area contributed by atoms with Gasteiger partial charge in [-0.1, -0.05) is 11.6 Å². The summed E-state index contributed by atoms with van der Waals surface area (Å²) in [6, 6.07) is 7.24. The standard InChI is InChI=1S/C15H22ClNO3/c16-13-3-5-15(6-4-13)20-10-9-19-12-14(18)11-17-7-1-2-8-17/h3-6,14,18H,1-2,7-12H2/p+1/t14-/m1/s1. The van der Waals surface area contributed by atoms with Gasteiger partial charge in [-0.05, 0) is 24.3 Å². The van der Waals surface area contributed by atoms with Crippen LogP contribution in [0.15, 0.2) is 24.3 Å². The van der Waals surface area contributed by atoms with Crippen molar-refractivity contribution < 1.29 is 19.5 Å². The number of benzene rings is 1. The van der Waals surface area contributed by atoms with Crippen molar-refractivity contribution in [2.24, 2.45) is 0 Å². The molecule has 0 unspecified atom stereocenters. The molecule has 2 N–H and O–H groups in total. The molecule has 0 aliphatic carbocycles. The molecule has 20 heavy (non-hydrogen) atoms. The molecule has 4 nitrogen and oxygen atoms in total. The Hall–Kier alpha value is -0.810. The van der Waals surface area contributed by atoms with Gasteiger partial charge in [0.2, 0.25) is 0 Å². The lowest BCUT2D eigenvalue weighted by Gasteiger charge is -2.16. The molecule has 1 aromatic carbocycles. The van der Waals surface area contributed by atoms with Gasteiger partial charge in [0, 0.05) is 17.9 Å². The van der Waals surface area contributed by atoms with Crippen LogP contribution in [0.5, 0.6) is 5.75 Å². The third-order valence-corrected chi connectivity index (χ3v) is 3.71. The lowest BCUT2D eigenvalue weighted by molar-refractivity contribution is -0.890. The minimum absolute atomic E-state index is 0.376. The van der Waals surface area contributed by atoms with Gasteiger partial charge in [0.15, 0.2) is 0 Å². The van der Waals surface area contributed by atoms with E-state index in [1.165, 1.54) is 30.8 Å². The molecule has 5 heteroatoms. The molecule has 1 fully saturated rings. The molecule has 1 aliphatic heterocycles. The van der Waals surface area contributed by atoms with E-state index in [-0.39, 0.29) is 6.10 Å². The fourth-order valence-electron chi connectivity index (χ4n) is 2.44. The molecule has 0 saturated carbocycles. The van der Waals surface area contributed by atoms with E-state index >= 15 is 0 Å². The van der Waals surface area contributed by atoms with Crippen LogP contribution in [0.2, 0.25) is 5.02 Å². The number of quaternary nitrogens is 1. The van der Waals surface area contributed by atoms with Gasteiger partial charge in [-0.2, -0.15) is 0 Å². The number of aliphatic hydroxyl groups excluding tert-OH is 1. The van der Waals surface area contributed by atoms with Crippen LogP contribution in [0, 0.1) is 0 Å². The first-order chi connectivity index (χ1) is 9.74. The molecule has 112 valence electrons. The zero-order chi connectivity index (χ0) is 14.2. The number of ether oxygens (including phenoxy) is 2. The number of hydrogen-bond acceptors (Lipinski definition) is 3. The monoisotopic (exact) mass is 300 g/mol. The lowest BCUT2D eigenvalue weighted by Crippen LogP contribution is -3.11. The molecule has 0 bridgehead atoms. The van der Waals surface area contributed by atoms with E-state index in [9.17, 15) is 5.11 Å². The Morgan fingerprint density at radius 1 is 1.15 bits per heavy atom. The quantitative estimate of drug-likeness (QED) is 0.697. The van der Waals surface area contributed by atoms with E-state index in [1.54, 1.807) is 12.1 Å². The number of aliphatic hydroxyl groups is 1. The van der Waals surface area contributed by atoms with Gasteiger partial charge in [0.1, 0.15) is 25.0 Å². The maximum absolute atomic E-state index is 9.86. The van der Waals surface area contributed by atoms with E-state index in [2.05, 4.69) is 0 Å². The number of likely N-dealkylation sites (tertiary alicyclic amines) is 1. The van der Waals surface area contributed by atoms with Crippen LogP contribution < -0.4 is 9.64 Å². The Morgan fingerprint density at radius 2 is 1.85 bits per heavy atom. The first kappa shape index (κ1) is 15.6. The van der Waals surface area contributed by atoms with E-state index in [0.717, 1.165) is 12.3 Å². The highest BCUT2D eigenvalue weighted by atomic mass is 35.5. The first-order valence-electron chi connectivity index (χ1n) is 7.22. The first-order valence-corrected chi connectivity index (χ1v) is 7.59. The number of hydrogen-bond donors (Lipinski definition) is 2. The fourth-order valence-corrected chi connectivity index (χ4v) is 2.57. The van der Waals surface area contributed by atoms with Crippen molar-refractivity contribution in [3.63, 3.8) is 0 Å². The number of rotatable bonds is 8. The minimum Gasteiger partial charge on any atom is -0.491 e. The van der Waals surface area contributed by atoms with E-state index in [0.29, 0.717) is 24.8 Å². The highest BCUT2D eigenvalue weighted by molar-refractivity contribution is 6.30. The van der Waals surface area contributed by atoms with Crippen molar-refractivity contribution in [1.29, 1.82) is 0 Å². The van der Waals surface area contributed by atoms with Crippen molar-refractivity contribution in [1.82, 2.24) is 0 Å². The Labute approximate surface area is 125 Å². The van der Waals surface area contributed by atoms with Crippen LogP contribution in [0.3, 0.4) is 0 Å². The van der Waals surface area contributed by atoms with Crippen molar-refractivity contribution in [2.75, 3.05) is 39.5 Å². The summed E-state index contributed by atoms with van der Waals surface area (Å²) in [5.41, 5.74) is 0. The van der Waals surface area contributed by atoms with Gasteiger partial charge in [-0.3, -0.25) is 0 Å². The van der Waals surface area contributed by atoms with Gasteiger partial charge in [-0.25, -0.2) is 0 Å². The molecule has 1 aliphatic rings. The smallest absolute Gasteiger partial charge is 0.126 e. The molecular weight excluding hydrogens is 278 g/mol. The van der Waals surface area contributed by atoms with E-state index < -0.39 is 0 Å². The van der Waals surface area contributed by atoms with Crippen LogP contribution >= 0.6 is 11.6 Å². The van der Waals surface area contributed by atoms with E-state index in [4.69, 9.17) is 21.1 Å². The van der Waals surface area contributed by atoms with Crippen LogP contribution in [-0.4, -0.2) is 50.7 Å². The molecule has 0 amide bonds. The summed E-state index contributed by atoms with van der Waals surface area (Å²) < 4.78 is 10.9. The Morgan fingerprint density at radius 3 is 2.55 bits per heavy atom. The highest BCUT2D eigenvalue weighted by Gasteiger charge is 2.19. The van der Waals surface area contributed by atoms with Crippen molar-refractivity contribution >= 4 is 11.6 Å². The average Bonchev–Trinajstić information content (AvgIpc) is 2.93. The minimum atomic E-state index is -0.376. The van der Waals surface area contributed by atoms with Gasteiger partial charge < -0.3 is 19.5 Å². The lowest BCUT2D eigenvalue weighted by atomic mass is 10.3. The van der Waals surface area contributed by atoms with Gasteiger partial charge >= 0.3 is 0 Å². The van der Waals surface area contributed by atoms with Crippen LogP contribution in [0.4, 0.5) is 0 Å². The molecule has 2 rings (SSSR count). The van der Waals surface area contributed by atoms with Gasteiger partial charge in [0.05, 0.1) is 26.3 Å². The molecule has 1 atom stereocenters. The molecule has 0 aromatic heterocycles. The van der Waals surface area contributed by atoms with Crippen molar-refractivity contribution in [3.05, 3.63) is 29.3 Å². The molecule has 0 radical (unpaired) electrons. The summed E-state index contributed by atoms with van der Waals surface area (Å²) in [6.07, 6.45) is 2.18. The predicted octanol–water partition coefficient (Wildman–Crippen LogP) is 0.775. The van der Waals surface area contributed by atoms with Crippen molar-refractivity contribution in [2.45, 2.75) is 18.9 Å². The van der Waals surface area contributed by atoms with E-state index in [1.807, 2.05) is 12.1 Å². The summed E-state index contributed by atoms with van der Waals surface area (Å²) >= 11 is 5.79. The zero-order valence-electron chi connectivity index (χ0n) is 11.7. The van der Waals surface area contributed by atoms with Gasteiger partial charge in [-0.15, -0.1) is 0 Å². The second-order valence-electron chi connectivity index (χ2n) is 5.19. The van der Waals surface area contributed by atoms with Crippen LogP contribution in [0.25, 0.3) is 0 Å². The number of nitrogens with one attached hydrogen (secondary N) is 1. The molecule has 1 saturated heterocycles. The predicted molar refractivity (Wildman–Crippen MR) is 78.6 cm³/mol. The number of halogens is 1. The molecule has 1 aromatic rings. The Bertz CT molecular complexity index is 379. The second kappa shape index (κ2) is 8.47. The Balaban J connectivity index is 1.51. The maximum atomic E-state index is 9.86. The van der Waals surface area contributed by atoms with Crippen molar-refractivity contribution in [3.8, 4) is 5.75 Å². The SMILES string of the molecule is O[C@@H](COCCOc1ccc(Cl)cc1)C[NH+]1CCCC1. The van der Waals surface area contributed by atoms with Crippen LogP contribution in [0.1, 0.15) is 12.8 Å². The summed E-state index contributed by atoms with van der Waals surface area (Å²) in [5, 5.41) is 10.6. The van der Waals surface area contributed by atoms with Crippen LogP contribution in [-0.2, 0) is 4.74 Å². The summed E-state index contributed by atoms with van der Waals surface area (Å²) in [5.74, 6) is 0.778. The molecule has 0 spiro atoms. The normalized spacial score (nSPS) is 17.3. The fraction of sp³-hybridized carbons (Fsp3) is 0.600. The Kier molecular flexibility index (Phi) is 6.60. The maximum Gasteiger partial charge on any atom is 0.126 e. The molecule has 1 heterocycles. The summed E-state index contributed by atoms with van der Waals surface area (Å²) in [7, 11) is 0. The third-order valence-electron chi connectivity index (χ3n) is 3.46. The summed E-state index contributed by atoms with van der Waals surface area (Å²) in [6.45, 7) is 4.49. The summed E-state index contributed by atoms with van der Waals surface area (Å²) in [4.78, 5) is 1.48. The van der Waals surface area contributed by atoms with Gasteiger partial charge in [0.25, 0.3) is 0 Å². The zero-order valence-corrected chi connectivity index (χ0v) is 12.4. The average molecular weight is 301 g/mol.